The van der Waals surface area contributed by atoms with E-state index >= 15 is 0 Å². The first-order valence-corrected chi connectivity index (χ1v) is 9.01. The lowest BCUT2D eigenvalue weighted by molar-refractivity contribution is -0.117. The lowest BCUT2D eigenvalue weighted by atomic mass is 10.2. The van der Waals surface area contributed by atoms with E-state index in [0.29, 0.717) is 13.1 Å². The molecule has 1 N–H and O–H groups in total. The molecule has 0 aliphatic heterocycles. The molecule has 0 saturated heterocycles. The van der Waals surface area contributed by atoms with Crippen molar-refractivity contribution < 1.29 is 13.6 Å². The van der Waals surface area contributed by atoms with Gasteiger partial charge in [-0.2, -0.15) is 0 Å². The summed E-state index contributed by atoms with van der Waals surface area (Å²) in [4.78, 5) is 14.5. The minimum Gasteiger partial charge on any atom is -0.468 e. The van der Waals surface area contributed by atoms with Crippen LogP contribution in [0.2, 0.25) is 0 Å². The number of aryl methyl sites for hydroxylation is 1. The third-order valence-electron chi connectivity index (χ3n) is 3.75. The van der Waals surface area contributed by atoms with Crippen LogP contribution >= 0.6 is 22.6 Å². The standard InChI is InChI=1S/C19H19IN2O3/c1-14-10-15(20)6-7-18(14)21-19(23)13-22(11-16-4-2-8-24-16)12-17-5-3-9-25-17/h2-10H,11-13H2,1H3,(H,21,23). The predicted octanol–water partition coefficient (Wildman–Crippen LogP) is 4.43. The Bertz CT molecular complexity index is 777. The van der Waals surface area contributed by atoms with Gasteiger partial charge in [0.15, 0.2) is 0 Å². The van der Waals surface area contributed by atoms with Crippen LogP contribution in [0.25, 0.3) is 0 Å². The van der Waals surface area contributed by atoms with Gasteiger partial charge in [0, 0.05) is 9.26 Å². The van der Waals surface area contributed by atoms with Crippen molar-refractivity contribution in [2.75, 3.05) is 11.9 Å². The first-order valence-electron chi connectivity index (χ1n) is 7.93. The molecule has 3 aromatic rings. The fraction of sp³-hybridized carbons (Fsp3) is 0.211. The van der Waals surface area contributed by atoms with Crippen LogP contribution in [0, 0.1) is 10.5 Å². The summed E-state index contributed by atoms with van der Waals surface area (Å²) in [6.07, 6.45) is 3.27. The first kappa shape index (κ1) is 17.8. The van der Waals surface area contributed by atoms with E-state index in [0.717, 1.165) is 26.3 Å². The molecule has 0 aliphatic carbocycles. The predicted molar refractivity (Wildman–Crippen MR) is 104 cm³/mol. The minimum atomic E-state index is -0.0672. The van der Waals surface area contributed by atoms with Gasteiger partial charge >= 0.3 is 0 Å². The van der Waals surface area contributed by atoms with Crippen LogP contribution in [0.4, 0.5) is 5.69 Å². The number of carbonyl (C=O) groups is 1. The van der Waals surface area contributed by atoms with Crippen molar-refractivity contribution in [2.24, 2.45) is 0 Å². The minimum absolute atomic E-state index is 0.0672. The number of anilines is 1. The molecule has 0 aliphatic rings. The highest BCUT2D eigenvalue weighted by molar-refractivity contribution is 14.1. The lowest BCUT2D eigenvalue weighted by Crippen LogP contribution is -2.32. The van der Waals surface area contributed by atoms with E-state index in [9.17, 15) is 4.79 Å². The highest BCUT2D eigenvalue weighted by Gasteiger charge is 2.15. The van der Waals surface area contributed by atoms with Gasteiger partial charge in [-0.3, -0.25) is 9.69 Å². The molecular weight excluding hydrogens is 431 g/mol. The zero-order valence-corrected chi connectivity index (χ0v) is 16.0. The summed E-state index contributed by atoms with van der Waals surface area (Å²) < 4.78 is 12.0. The summed E-state index contributed by atoms with van der Waals surface area (Å²) in [6.45, 7) is 3.30. The third-order valence-corrected chi connectivity index (χ3v) is 4.42. The third kappa shape index (κ3) is 5.20. The number of hydrogen-bond donors (Lipinski definition) is 1. The summed E-state index contributed by atoms with van der Waals surface area (Å²) >= 11 is 2.26. The average molecular weight is 450 g/mol. The number of nitrogens with zero attached hydrogens (tertiary/aromatic N) is 1. The molecule has 130 valence electrons. The van der Waals surface area contributed by atoms with Crippen molar-refractivity contribution in [3.05, 3.63) is 75.6 Å². The Morgan fingerprint density at radius 2 is 1.72 bits per heavy atom. The molecule has 0 saturated carbocycles. The van der Waals surface area contributed by atoms with Crippen LogP contribution in [0.5, 0.6) is 0 Å². The summed E-state index contributed by atoms with van der Waals surface area (Å²) in [5.41, 5.74) is 1.88. The van der Waals surface area contributed by atoms with E-state index in [4.69, 9.17) is 8.83 Å². The number of rotatable bonds is 7. The Hall–Kier alpha value is -2.06. The number of nitrogens with one attached hydrogen (secondary N) is 1. The number of carbonyl (C=O) groups excluding carboxylic acids is 1. The average Bonchev–Trinajstić information content (AvgIpc) is 3.24. The van der Waals surface area contributed by atoms with Gasteiger partial charge in [-0.15, -0.1) is 0 Å². The normalized spacial score (nSPS) is 11.0. The summed E-state index contributed by atoms with van der Waals surface area (Å²) in [5.74, 6) is 1.55. The zero-order chi connectivity index (χ0) is 17.6. The maximum absolute atomic E-state index is 12.5. The largest absolute Gasteiger partial charge is 0.468 e. The van der Waals surface area contributed by atoms with E-state index in [-0.39, 0.29) is 12.5 Å². The SMILES string of the molecule is Cc1cc(I)ccc1NC(=O)CN(Cc1ccco1)Cc1ccco1. The van der Waals surface area contributed by atoms with Crippen LogP contribution in [0.3, 0.4) is 0 Å². The zero-order valence-electron chi connectivity index (χ0n) is 13.9. The van der Waals surface area contributed by atoms with Crippen LogP contribution in [0.1, 0.15) is 17.1 Å². The van der Waals surface area contributed by atoms with E-state index in [1.54, 1.807) is 12.5 Å². The quantitative estimate of drug-likeness (QED) is 0.542. The van der Waals surface area contributed by atoms with Crippen molar-refractivity contribution in [3.8, 4) is 0 Å². The Morgan fingerprint density at radius 3 is 2.24 bits per heavy atom. The molecular formula is C19H19IN2O3. The molecule has 2 heterocycles. The van der Waals surface area contributed by atoms with E-state index in [2.05, 4.69) is 27.9 Å². The molecule has 0 fully saturated rings. The Labute approximate surface area is 160 Å². The van der Waals surface area contributed by atoms with Gasteiger partial charge in [-0.25, -0.2) is 0 Å². The lowest BCUT2D eigenvalue weighted by Gasteiger charge is -2.20. The molecule has 0 radical (unpaired) electrons. The second-order valence-electron chi connectivity index (χ2n) is 5.81. The van der Waals surface area contributed by atoms with Crippen LogP contribution < -0.4 is 5.32 Å². The molecule has 0 spiro atoms. The molecule has 1 amide bonds. The number of halogens is 1. The summed E-state index contributed by atoms with van der Waals surface area (Å²) in [6, 6.07) is 13.4. The van der Waals surface area contributed by atoms with Crippen molar-refractivity contribution in [3.63, 3.8) is 0 Å². The Kier molecular flexibility index (Phi) is 5.93. The smallest absolute Gasteiger partial charge is 0.238 e. The van der Waals surface area contributed by atoms with Crippen molar-refractivity contribution in [1.82, 2.24) is 4.90 Å². The van der Waals surface area contributed by atoms with E-state index in [1.165, 1.54) is 0 Å². The molecule has 25 heavy (non-hydrogen) atoms. The Morgan fingerprint density at radius 1 is 1.08 bits per heavy atom. The van der Waals surface area contributed by atoms with E-state index < -0.39 is 0 Å². The highest BCUT2D eigenvalue weighted by atomic mass is 127. The molecule has 6 heteroatoms. The van der Waals surface area contributed by atoms with Gasteiger partial charge in [0.05, 0.1) is 32.2 Å². The van der Waals surface area contributed by atoms with Gasteiger partial charge in [-0.1, -0.05) is 0 Å². The molecule has 3 rings (SSSR count). The fourth-order valence-corrected chi connectivity index (χ4v) is 3.22. The molecule has 5 nitrogen and oxygen atoms in total. The van der Waals surface area contributed by atoms with Gasteiger partial charge in [0.1, 0.15) is 11.5 Å². The molecule has 1 aromatic carbocycles. The van der Waals surface area contributed by atoms with Gasteiger partial charge in [0.2, 0.25) is 5.91 Å². The fourth-order valence-electron chi connectivity index (χ4n) is 2.57. The topological polar surface area (TPSA) is 58.6 Å². The number of furan rings is 2. The number of benzene rings is 1. The monoisotopic (exact) mass is 450 g/mol. The van der Waals surface area contributed by atoms with Crippen molar-refractivity contribution >= 4 is 34.2 Å². The molecule has 2 aromatic heterocycles. The van der Waals surface area contributed by atoms with Crippen molar-refractivity contribution in [1.29, 1.82) is 0 Å². The molecule has 0 unspecified atom stereocenters. The second kappa shape index (κ2) is 8.35. The highest BCUT2D eigenvalue weighted by Crippen LogP contribution is 2.18. The maximum Gasteiger partial charge on any atom is 0.238 e. The first-order chi connectivity index (χ1) is 12.1. The number of hydrogen-bond acceptors (Lipinski definition) is 4. The van der Waals surface area contributed by atoms with Crippen molar-refractivity contribution in [2.45, 2.75) is 20.0 Å². The molecule has 0 bridgehead atoms. The van der Waals surface area contributed by atoms with Gasteiger partial charge < -0.3 is 14.2 Å². The van der Waals surface area contributed by atoms with Gasteiger partial charge in [-0.05, 0) is 77.5 Å². The maximum atomic E-state index is 12.5. The van der Waals surface area contributed by atoms with Crippen LogP contribution in [0.15, 0.2) is 63.8 Å². The Balaban J connectivity index is 1.66. The number of amides is 1. The van der Waals surface area contributed by atoms with Crippen LogP contribution in [-0.4, -0.2) is 17.4 Å². The summed E-state index contributed by atoms with van der Waals surface area (Å²) in [5, 5.41) is 2.98. The van der Waals surface area contributed by atoms with E-state index in [1.807, 2.05) is 54.3 Å². The van der Waals surface area contributed by atoms with Gasteiger partial charge in [0.25, 0.3) is 0 Å². The van der Waals surface area contributed by atoms with Crippen LogP contribution in [-0.2, 0) is 17.9 Å². The summed E-state index contributed by atoms with van der Waals surface area (Å²) in [7, 11) is 0. The second-order valence-corrected chi connectivity index (χ2v) is 7.06. The molecule has 0 atom stereocenters.